The maximum atomic E-state index is 14.6. The zero-order valence-corrected chi connectivity index (χ0v) is 12.8. The molecule has 0 amide bonds. The maximum absolute atomic E-state index is 14.6. The van der Waals surface area contributed by atoms with Gasteiger partial charge in [-0.3, -0.25) is 10.1 Å². The minimum absolute atomic E-state index is 0.245. The molecule has 0 spiro atoms. The van der Waals surface area contributed by atoms with E-state index in [0.717, 1.165) is 18.2 Å². The van der Waals surface area contributed by atoms with E-state index in [0.29, 0.717) is 6.42 Å². The Bertz CT molecular complexity index is 725. The lowest BCUT2D eigenvalue weighted by Gasteiger charge is -2.48. The second kappa shape index (κ2) is 5.35. The SMILES string of the molecule is C[C@]1(c2cc([N+](=O)[O-])ccc2F)N=C(N)O[C@@H]2CCCC(F)(F)[C@@H]21. The zero-order valence-electron chi connectivity index (χ0n) is 12.8. The third-order valence-corrected chi connectivity index (χ3v) is 4.75. The number of nitro benzene ring substituents is 1. The van der Waals surface area contributed by atoms with Crippen LogP contribution in [0.15, 0.2) is 23.2 Å². The van der Waals surface area contributed by atoms with E-state index in [2.05, 4.69) is 4.99 Å². The molecule has 1 aromatic rings. The molecule has 1 aliphatic carbocycles. The Morgan fingerprint density at radius 1 is 1.46 bits per heavy atom. The quantitative estimate of drug-likeness (QED) is 0.660. The van der Waals surface area contributed by atoms with Crippen molar-refractivity contribution in [2.45, 2.75) is 43.8 Å². The van der Waals surface area contributed by atoms with Gasteiger partial charge in [-0.1, -0.05) is 0 Å². The molecule has 1 aliphatic heterocycles. The molecular formula is C15H16F3N3O3. The van der Waals surface area contributed by atoms with E-state index in [4.69, 9.17) is 10.5 Å². The first-order valence-corrected chi connectivity index (χ1v) is 7.49. The highest BCUT2D eigenvalue weighted by Gasteiger charge is 2.60. The molecule has 0 unspecified atom stereocenters. The number of ether oxygens (including phenoxy) is 1. The topological polar surface area (TPSA) is 90.8 Å². The Hall–Kier alpha value is -2.32. The van der Waals surface area contributed by atoms with Crippen LogP contribution in [0.4, 0.5) is 18.9 Å². The predicted octanol–water partition coefficient (Wildman–Crippen LogP) is 3.10. The van der Waals surface area contributed by atoms with E-state index in [1.807, 2.05) is 0 Å². The fourth-order valence-corrected chi connectivity index (χ4v) is 3.76. The molecule has 3 rings (SSSR count). The molecule has 0 saturated heterocycles. The van der Waals surface area contributed by atoms with E-state index >= 15 is 0 Å². The van der Waals surface area contributed by atoms with Gasteiger partial charge in [-0.15, -0.1) is 0 Å². The fraction of sp³-hybridized carbons (Fsp3) is 0.533. The van der Waals surface area contributed by atoms with Crippen LogP contribution in [0.3, 0.4) is 0 Å². The number of benzene rings is 1. The first-order valence-electron chi connectivity index (χ1n) is 7.49. The van der Waals surface area contributed by atoms with Crippen LogP contribution >= 0.6 is 0 Å². The number of halogens is 3. The van der Waals surface area contributed by atoms with Gasteiger partial charge in [-0.25, -0.2) is 18.2 Å². The molecule has 1 fully saturated rings. The molecule has 1 heterocycles. The number of hydrogen-bond donors (Lipinski definition) is 1. The van der Waals surface area contributed by atoms with Crippen LogP contribution < -0.4 is 5.73 Å². The van der Waals surface area contributed by atoms with Crippen LogP contribution in [0.2, 0.25) is 0 Å². The Kier molecular flexibility index (Phi) is 3.69. The number of nitrogens with zero attached hydrogens (tertiary/aromatic N) is 2. The summed E-state index contributed by atoms with van der Waals surface area (Å²) in [4.78, 5) is 14.2. The van der Waals surface area contributed by atoms with Crippen molar-refractivity contribution < 1.29 is 22.8 Å². The van der Waals surface area contributed by atoms with Gasteiger partial charge in [0.05, 0.1) is 10.8 Å². The second-order valence-electron chi connectivity index (χ2n) is 6.31. The molecule has 0 aromatic heterocycles. The lowest BCUT2D eigenvalue weighted by atomic mass is 9.68. The van der Waals surface area contributed by atoms with Gasteiger partial charge in [0.15, 0.2) is 0 Å². The molecule has 9 heteroatoms. The summed E-state index contributed by atoms with van der Waals surface area (Å²) in [6, 6.07) is 2.49. The van der Waals surface area contributed by atoms with Crippen molar-refractivity contribution >= 4 is 11.7 Å². The molecule has 2 aliphatic rings. The van der Waals surface area contributed by atoms with E-state index in [1.165, 1.54) is 6.92 Å². The third-order valence-electron chi connectivity index (χ3n) is 4.75. The molecule has 1 saturated carbocycles. The van der Waals surface area contributed by atoms with Crippen molar-refractivity contribution in [3.63, 3.8) is 0 Å². The maximum Gasteiger partial charge on any atom is 0.283 e. The first-order chi connectivity index (χ1) is 11.1. The molecule has 3 atom stereocenters. The van der Waals surface area contributed by atoms with Crippen LogP contribution in [0, 0.1) is 21.8 Å². The van der Waals surface area contributed by atoms with Gasteiger partial charge in [0.2, 0.25) is 0 Å². The van der Waals surface area contributed by atoms with Crippen LogP contribution in [0.1, 0.15) is 31.7 Å². The summed E-state index contributed by atoms with van der Waals surface area (Å²) < 4.78 is 48.8. The van der Waals surface area contributed by atoms with Crippen LogP contribution in [-0.2, 0) is 10.3 Å². The number of aliphatic imine (C=N–C) groups is 1. The Balaban J connectivity index is 2.20. The Morgan fingerprint density at radius 3 is 2.83 bits per heavy atom. The summed E-state index contributed by atoms with van der Waals surface area (Å²) in [5.74, 6) is -5.46. The minimum atomic E-state index is -3.15. The average molecular weight is 343 g/mol. The van der Waals surface area contributed by atoms with E-state index in [9.17, 15) is 23.3 Å². The fourth-order valence-electron chi connectivity index (χ4n) is 3.76. The summed E-state index contributed by atoms with van der Waals surface area (Å²) in [5, 5.41) is 11.0. The molecule has 130 valence electrons. The summed E-state index contributed by atoms with van der Waals surface area (Å²) in [6.45, 7) is 1.32. The summed E-state index contributed by atoms with van der Waals surface area (Å²) in [5.41, 5.74) is 3.18. The van der Waals surface area contributed by atoms with E-state index in [1.54, 1.807) is 0 Å². The number of rotatable bonds is 2. The highest BCUT2D eigenvalue weighted by molar-refractivity contribution is 5.73. The van der Waals surface area contributed by atoms with Gasteiger partial charge in [-0.2, -0.15) is 0 Å². The van der Waals surface area contributed by atoms with Crippen LogP contribution in [-0.4, -0.2) is 23.0 Å². The van der Waals surface area contributed by atoms with Gasteiger partial charge in [0, 0.05) is 24.1 Å². The molecule has 0 radical (unpaired) electrons. The summed E-state index contributed by atoms with van der Waals surface area (Å²) >= 11 is 0. The molecule has 1 aromatic carbocycles. The number of amidine groups is 1. The number of alkyl halides is 2. The molecular weight excluding hydrogens is 327 g/mol. The smallest absolute Gasteiger partial charge is 0.283 e. The van der Waals surface area contributed by atoms with Crippen molar-refractivity contribution in [3.8, 4) is 0 Å². The molecule has 0 bridgehead atoms. The van der Waals surface area contributed by atoms with Gasteiger partial charge in [0.1, 0.15) is 17.5 Å². The molecule has 2 N–H and O–H groups in total. The van der Waals surface area contributed by atoms with E-state index < -0.39 is 39.9 Å². The number of nitro groups is 1. The largest absolute Gasteiger partial charge is 0.461 e. The summed E-state index contributed by atoms with van der Waals surface area (Å²) in [7, 11) is 0. The lowest BCUT2D eigenvalue weighted by molar-refractivity contribution is -0.385. The standard InChI is InChI=1S/C15H16F3N3O3/c1-14(9-7-8(21(22)23)4-5-10(9)16)12-11(24-13(19)20-14)3-2-6-15(12,17)18/h4-5,7,11-12H,2-3,6H2,1H3,(H2,19,20)/t11-,12+,14-/m1/s1. The van der Waals surface area contributed by atoms with Crippen molar-refractivity contribution in [1.82, 2.24) is 0 Å². The van der Waals surface area contributed by atoms with E-state index in [-0.39, 0.29) is 24.4 Å². The number of fused-ring (bicyclic) bond motifs is 1. The Labute approximate surface area is 135 Å². The van der Waals surface area contributed by atoms with Gasteiger partial charge in [-0.05, 0) is 25.8 Å². The van der Waals surface area contributed by atoms with Gasteiger partial charge >= 0.3 is 0 Å². The highest BCUT2D eigenvalue weighted by atomic mass is 19.3. The number of nitrogens with two attached hydrogens (primary N) is 1. The zero-order chi connectivity index (χ0) is 17.7. The predicted molar refractivity (Wildman–Crippen MR) is 79.2 cm³/mol. The van der Waals surface area contributed by atoms with Crippen LogP contribution in [0.5, 0.6) is 0 Å². The third kappa shape index (κ3) is 2.47. The highest BCUT2D eigenvalue weighted by Crippen LogP contribution is 2.53. The van der Waals surface area contributed by atoms with Crippen molar-refractivity contribution in [1.29, 1.82) is 0 Å². The second-order valence-corrected chi connectivity index (χ2v) is 6.31. The molecule has 6 nitrogen and oxygen atoms in total. The van der Waals surface area contributed by atoms with Crippen molar-refractivity contribution in [3.05, 3.63) is 39.7 Å². The minimum Gasteiger partial charge on any atom is -0.461 e. The summed E-state index contributed by atoms with van der Waals surface area (Å²) in [6.07, 6.45) is -0.716. The van der Waals surface area contributed by atoms with Crippen molar-refractivity contribution in [2.75, 3.05) is 0 Å². The number of hydrogen-bond acceptors (Lipinski definition) is 5. The normalized spacial score (nSPS) is 31.6. The first kappa shape index (κ1) is 16.5. The van der Waals surface area contributed by atoms with Gasteiger partial charge in [0.25, 0.3) is 17.6 Å². The average Bonchev–Trinajstić information content (AvgIpc) is 2.45. The lowest BCUT2D eigenvalue weighted by Crippen LogP contribution is -2.57. The van der Waals surface area contributed by atoms with Crippen molar-refractivity contribution in [2.24, 2.45) is 16.6 Å². The Morgan fingerprint density at radius 2 is 2.17 bits per heavy atom. The van der Waals surface area contributed by atoms with Gasteiger partial charge < -0.3 is 10.5 Å². The van der Waals surface area contributed by atoms with Crippen LogP contribution in [0.25, 0.3) is 0 Å². The number of non-ortho nitro benzene ring substituents is 1. The molecule has 24 heavy (non-hydrogen) atoms. The monoisotopic (exact) mass is 343 g/mol.